The van der Waals surface area contributed by atoms with E-state index in [9.17, 15) is 0 Å². The summed E-state index contributed by atoms with van der Waals surface area (Å²) >= 11 is 17.9. The number of benzene rings is 1. The van der Waals surface area contributed by atoms with Gasteiger partial charge in [0.25, 0.3) is 0 Å². The number of ether oxygens (including phenoxy) is 1. The lowest BCUT2D eigenvalue weighted by atomic mass is 10.2. The zero-order valence-corrected chi connectivity index (χ0v) is 12.6. The van der Waals surface area contributed by atoms with Gasteiger partial charge in [0.1, 0.15) is 10.9 Å². The van der Waals surface area contributed by atoms with E-state index in [1.165, 1.54) is 0 Å². The topological polar surface area (TPSA) is 25.4 Å². The van der Waals surface area contributed by atoms with Gasteiger partial charge in [0, 0.05) is 12.7 Å². The van der Waals surface area contributed by atoms with Crippen molar-refractivity contribution in [1.29, 1.82) is 0 Å². The van der Waals surface area contributed by atoms with Crippen molar-refractivity contribution in [3.63, 3.8) is 0 Å². The van der Waals surface area contributed by atoms with Crippen LogP contribution in [0, 0.1) is 0 Å². The van der Waals surface area contributed by atoms with Crippen LogP contribution >= 0.6 is 34.8 Å². The maximum Gasteiger partial charge on any atom is 0.153 e. The predicted octanol–water partition coefficient (Wildman–Crippen LogP) is 4.82. The lowest BCUT2D eigenvalue weighted by Crippen LogP contribution is -2.11. The number of hydrogen-bond donors (Lipinski definition) is 0. The number of nitrogens with zero attached hydrogens (tertiary/aromatic N) is 2. The van der Waals surface area contributed by atoms with Gasteiger partial charge in [-0.1, -0.05) is 34.8 Å². The Morgan fingerprint density at radius 2 is 1.68 bits per heavy atom. The van der Waals surface area contributed by atoms with Crippen molar-refractivity contribution < 1.29 is 4.74 Å². The molecule has 0 radical (unpaired) electrons. The highest BCUT2D eigenvalue weighted by Crippen LogP contribution is 2.34. The van der Waals surface area contributed by atoms with Crippen molar-refractivity contribution in [3.05, 3.63) is 45.5 Å². The molecular weight excluding hydrogens is 307 g/mol. The Balaban J connectivity index is 2.37. The van der Waals surface area contributed by atoms with E-state index in [1.807, 2.05) is 36.2 Å². The molecule has 1 aromatic carbocycles. The quantitative estimate of drug-likeness (QED) is 0.759. The molecule has 0 saturated heterocycles. The first-order valence-corrected chi connectivity index (χ1v) is 6.55. The van der Waals surface area contributed by atoms with E-state index in [-0.39, 0.29) is 5.15 Å². The zero-order chi connectivity index (χ0) is 14.0. The molecule has 0 saturated carbocycles. The number of methoxy groups -OCH3 is 1. The second-order valence-electron chi connectivity index (χ2n) is 3.82. The van der Waals surface area contributed by atoms with Gasteiger partial charge in [-0.25, -0.2) is 4.98 Å². The van der Waals surface area contributed by atoms with Crippen molar-refractivity contribution in [2.24, 2.45) is 0 Å². The first-order valence-electron chi connectivity index (χ1n) is 5.42. The summed E-state index contributed by atoms with van der Waals surface area (Å²) in [5.41, 5.74) is 0.911. The number of rotatable bonds is 3. The summed E-state index contributed by atoms with van der Waals surface area (Å²) in [4.78, 5) is 6.01. The molecule has 0 aliphatic rings. The smallest absolute Gasteiger partial charge is 0.153 e. The minimum Gasteiger partial charge on any atom is -0.497 e. The third-order valence-electron chi connectivity index (χ3n) is 2.65. The maximum absolute atomic E-state index is 6.13. The molecule has 0 aliphatic carbocycles. The SMILES string of the molecule is COc1ccc(N(C)c2nc(Cl)c(Cl)cc2Cl)cc1. The van der Waals surface area contributed by atoms with Crippen LogP contribution in [0.25, 0.3) is 0 Å². The molecule has 3 nitrogen and oxygen atoms in total. The van der Waals surface area contributed by atoms with Crippen molar-refractivity contribution in [1.82, 2.24) is 4.98 Å². The molecule has 100 valence electrons. The van der Waals surface area contributed by atoms with Gasteiger partial charge < -0.3 is 9.64 Å². The third-order valence-corrected chi connectivity index (χ3v) is 3.60. The normalized spacial score (nSPS) is 10.4. The minimum atomic E-state index is 0.224. The third kappa shape index (κ3) is 3.06. The average Bonchev–Trinajstić information content (AvgIpc) is 2.42. The number of halogens is 3. The van der Waals surface area contributed by atoms with Gasteiger partial charge in [-0.2, -0.15) is 0 Å². The van der Waals surface area contributed by atoms with E-state index < -0.39 is 0 Å². The van der Waals surface area contributed by atoms with Gasteiger partial charge in [-0.15, -0.1) is 0 Å². The van der Waals surface area contributed by atoms with E-state index in [0.717, 1.165) is 11.4 Å². The van der Waals surface area contributed by atoms with Crippen LogP contribution in [0.1, 0.15) is 0 Å². The highest BCUT2D eigenvalue weighted by molar-refractivity contribution is 6.43. The van der Waals surface area contributed by atoms with Gasteiger partial charge in [0.05, 0.1) is 17.2 Å². The monoisotopic (exact) mass is 316 g/mol. The maximum atomic E-state index is 6.13. The Hall–Kier alpha value is -1.16. The van der Waals surface area contributed by atoms with Crippen LogP contribution in [0.3, 0.4) is 0 Å². The van der Waals surface area contributed by atoms with E-state index in [2.05, 4.69) is 4.98 Å². The Kier molecular flexibility index (Phi) is 4.40. The summed E-state index contributed by atoms with van der Waals surface area (Å²) < 4.78 is 5.11. The summed E-state index contributed by atoms with van der Waals surface area (Å²) in [7, 11) is 3.47. The van der Waals surface area contributed by atoms with Gasteiger partial charge in [0.2, 0.25) is 0 Å². The molecule has 0 N–H and O–H groups in total. The first-order chi connectivity index (χ1) is 9.02. The highest BCUT2D eigenvalue weighted by atomic mass is 35.5. The largest absolute Gasteiger partial charge is 0.497 e. The van der Waals surface area contributed by atoms with Crippen LogP contribution in [-0.2, 0) is 0 Å². The standard InChI is InChI=1S/C13H11Cl3N2O/c1-18(8-3-5-9(19-2)6-4-8)13-11(15)7-10(14)12(16)17-13/h3-7H,1-2H3. The fourth-order valence-corrected chi connectivity index (χ4v) is 2.22. The molecule has 0 atom stereocenters. The first kappa shape index (κ1) is 14.3. The fourth-order valence-electron chi connectivity index (χ4n) is 1.60. The molecule has 1 heterocycles. The van der Waals surface area contributed by atoms with Crippen LogP contribution < -0.4 is 9.64 Å². The fraction of sp³-hybridized carbons (Fsp3) is 0.154. The minimum absolute atomic E-state index is 0.224. The lowest BCUT2D eigenvalue weighted by molar-refractivity contribution is 0.415. The van der Waals surface area contributed by atoms with Crippen LogP contribution in [0.5, 0.6) is 5.75 Å². The molecule has 19 heavy (non-hydrogen) atoms. The van der Waals surface area contributed by atoms with Gasteiger partial charge in [-0.05, 0) is 30.3 Å². The van der Waals surface area contributed by atoms with E-state index in [1.54, 1.807) is 13.2 Å². The Labute approximate surface area is 126 Å². The molecule has 2 aromatic rings. The number of aromatic nitrogens is 1. The van der Waals surface area contributed by atoms with Crippen molar-refractivity contribution >= 4 is 46.3 Å². The van der Waals surface area contributed by atoms with Gasteiger partial charge in [-0.3, -0.25) is 0 Å². The Morgan fingerprint density at radius 3 is 2.26 bits per heavy atom. The van der Waals surface area contributed by atoms with Crippen LogP contribution in [-0.4, -0.2) is 19.1 Å². The number of pyridine rings is 1. The molecule has 0 spiro atoms. The molecule has 2 rings (SSSR count). The van der Waals surface area contributed by atoms with Crippen molar-refractivity contribution in [2.45, 2.75) is 0 Å². The number of anilines is 2. The second kappa shape index (κ2) is 5.87. The van der Waals surface area contributed by atoms with Crippen molar-refractivity contribution in [3.8, 4) is 5.75 Å². The molecule has 1 aromatic heterocycles. The number of hydrogen-bond acceptors (Lipinski definition) is 3. The summed E-state index contributed by atoms with van der Waals surface area (Å²) in [6.07, 6.45) is 0. The van der Waals surface area contributed by atoms with Crippen LogP contribution in [0.2, 0.25) is 15.2 Å². The average molecular weight is 318 g/mol. The van der Waals surface area contributed by atoms with Crippen molar-refractivity contribution in [2.75, 3.05) is 19.1 Å². The molecule has 0 bridgehead atoms. The van der Waals surface area contributed by atoms with E-state index in [0.29, 0.717) is 15.9 Å². The summed E-state index contributed by atoms with van der Waals surface area (Å²) in [6.45, 7) is 0. The second-order valence-corrected chi connectivity index (χ2v) is 5.00. The Morgan fingerprint density at radius 1 is 1.05 bits per heavy atom. The zero-order valence-electron chi connectivity index (χ0n) is 10.3. The van der Waals surface area contributed by atoms with Gasteiger partial charge >= 0.3 is 0 Å². The lowest BCUT2D eigenvalue weighted by Gasteiger charge is -2.20. The molecule has 0 unspecified atom stereocenters. The van der Waals surface area contributed by atoms with Crippen LogP contribution in [0.15, 0.2) is 30.3 Å². The molecule has 6 heteroatoms. The predicted molar refractivity (Wildman–Crippen MR) is 80.3 cm³/mol. The van der Waals surface area contributed by atoms with Crippen LogP contribution in [0.4, 0.5) is 11.5 Å². The summed E-state index contributed by atoms with van der Waals surface area (Å²) in [5, 5.41) is 0.993. The molecular formula is C13H11Cl3N2O. The van der Waals surface area contributed by atoms with Gasteiger partial charge in [0.15, 0.2) is 5.82 Å². The summed E-state index contributed by atoms with van der Waals surface area (Å²) in [5.74, 6) is 1.33. The van der Waals surface area contributed by atoms with E-state index in [4.69, 9.17) is 39.5 Å². The molecule has 0 amide bonds. The molecule has 0 aliphatic heterocycles. The summed E-state index contributed by atoms with van der Waals surface area (Å²) in [6, 6.07) is 9.10. The van der Waals surface area contributed by atoms with E-state index >= 15 is 0 Å². The highest BCUT2D eigenvalue weighted by Gasteiger charge is 2.13. The molecule has 0 fully saturated rings. The Bertz CT molecular complexity index is 587.